The van der Waals surface area contributed by atoms with Crippen LogP contribution in [0.1, 0.15) is 23.2 Å². The number of hydrogen-bond donors (Lipinski definition) is 1. The molecule has 2 atom stereocenters. The molecule has 1 N–H and O–H groups in total. The number of nitrogens with one attached hydrogen (secondary N) is 1. The second kappa shape index (κ2) is 5.11. The summed E-state index contributed by atoms with van der Waals surface area (Å²) in [6, 6.07) is 9.65. The highest BCUT2D eigenvalue weighted by atomic mass is 16.2. The van der Waals surface area contributed by atoms with Gasteiger partial charge >= 0.3 is 0 Å². The fraction of sp³-hybridized carbons (Fsp3) is 0.533. The van der Waals surface area contributed by atoms with Gasteiger partial charge in [-0.1, -0.05) is 18.2 Å². The van der Waals surface area contributed by atoms with Crippen LogP contribution in [-0.2, 0) is 0 Å². The number of fused-ring (bicyclic) bond motifs is 1. The Balaban J connectivity index is 1.68. The first-order valence-electron chi connectivity index (χ1n) is 6.89. The van der Waals surface area contributed by atoms with E-state index in [1.165, 1.54) is 0 Å². The molecule has 1 amide bonds. The summed E-state index contributed by atoms with van der Waals surface area (Å²) in [7, 11) is 0. The predicted octanol–water partition coefficient (Wildman–Crippen LogP) is 1.76. The fourth-order valence-corrected chi connectivity index (χ4v) is 3.18. The summed E-state index contributed by atoms with van der Waals surface area (Å²) in [6.07, 6.45) is 2.30. The van der Waals surface area contributed by atoms with Gasteiger partial charge in [-0.25, -0.2) is 0 Å². The van der Waals surface area contributed by atoms with Crippen LogP contribution in [0.2, 0.25) is 0 Å². The molecular weight excluding hydrogens is 224 g/mol. The molecule has 0 aliphatic carbocycles. The first-order chi connectivity index (χ1) is 8.84. The van der Waals surface area contributed by atoms with Crippen LogP contribution < -0.4 is 5.32 Å². The lowest BCUT2D eigenvalue weighted by molar-refractivity contribution is 0.0758. The van der Waals surface area contributed by atoms with E-state index in [0.29, 0.717) is 0 Å². The zero-order chi connectivity index (χ0) is 12.4. The highest BCUT2D eigenvalue weighted by Gasteiger charge is 2.31. The fourth-order valence-electron chi connectivity index (χ4n) is 3.18. The Labute approximate surface area is 108 Å². The Kier molecular flexibility index (Phi) is 3.33. The zero-order valence-electron chi connectivity index (χ0n) is 10.6. The summed E-state index contributed by atoms with van der Waals surface area (Å²) in [5.74, 6) is 1.75. The monoisotopic (exact) mass is 244 g/mol. The van der Waals surface area contributed by atoms with Gasteiger partial charge in [0, 0.05) is 18.7 Å². The second-order valence-corrected chi connectivity index (χ2v) is 5.41. The lowest BCUT2D eigenvalue weighted by Crippen LogP contribution is -2.32. The number of amides is 1. The van der Waals surface area contributed by atoms with Crippen LogP contribution in [0.4, 0.5) is 0 Å². The summed E-state index contributed by atoms with van der Waals surface area (Å²) < 4.78 is 0. The van der Waals surface area contributed by atoms with E-state index in [4.69, 9.17) is 0 Å². The topological polar surface area (TPSA) is 32.3 Å². The Morgan fingerprint density at radius 2 is 1.67 bits per heavy atom. The van der Waals surface area contributed by atoms with Crippen molar-refractivity contribution < 1.29 is 4.79 Å². The van der Waals surface area contributed by atoms with Crippen molar-refractivity contribution in [1.29, 1.82) is 0 Å². The van der Waals surface area contributed by atoms with Crippen molar-refractivity contribution in [3.8, 4) is 0 Å². The molecule has 96 valence electrons. The van der Waals surface area contributed by atoms with Gasteiger partial charge in [0.2, 0.25) is 0 Å². The number of rotatable bonds is 1. The van der Waals surface area contributed by atoms with Gasteiger partial charge in [-0.15, -0.1) is 0 Å². The Hall–Kier alpha value is -1.35. The smallest absolute Gasteiger partial charge is 0.253 e. The molecular formula is C15H20N2O. The van der Waals surface area contributed by atoms with Crippen LogP contribution in [0.25, 0.3) is 0 Å². The molecule has 2 fully saturated rings. The molecule has 0 saturated carbocycles. The van der Waals surface area contributed by atoms with Crippen molar-refractivity contribution in [2.75, 3.05) is 26.2 Å². The van der Waals surface area contributed by atoms with Gasteiger partial charge in [0.25, 0.3) is 5.91 Å². The van der Waals surface area contributed by atoms with Crippen LogP contribution in [0, 0.1) is 11.8 Å². The third-order valence-electron chi connectivity index (χ3n) is 4.33. The van der Waals surface area contributed by atoms with Gasteiger partial charge < -0.3 is 10.2 Å². The van der Waals surface area contributed by atoms with Gasteiger partial charge in [0.1, 0.15) is 0 Å². The van der Waals surface area contributed by atoms with E-state index in [-0.39, 0.29) is 5.91 Å². The molecule has 18 heavy (non-hydrogen) atoms. The highest BCUT2D eigenvalue weighted by Crippen LogP contribution is 2.27. The number of likely N-dealkylation sites (tertiary alicyclic amines) is 1. The standard InChI is InChI=1S/C15H20N2O/c18-15(12-4-2-1-3-5-12)17-8-6-13-10-16-11-14(13)7-9-17/h1-5,13-14,16H,6-11H2/t13-,14+. The molecule has 0 radical (unpaired) electrons. The lowest BCUT2D eigenvalue weighted by Gasteiger charge is -2.20. The third-order valence-corrected chi connectivity index (χ3v) is 4.33. The average Bonchev–Trinajstić information content (AvgIpc) is 2.78. The molecule has 1 aromatic carbocycles. The number of nitrogens with zero attached hydrogens (tertiary/aromatic N) is 1. The molecule has 3 heteroatoms. The molecule has 2 heterocycles. The number of carbonyl (C=O) groups is 1. The Morgan fingerprint density at radius 1 is 1.06 bits per heavy atom. The van der Waals surface area contributed by atoms with E-state index in [9.17, 15) is 4.79 Å². The van der Waals surface area contributed by atoms with Gasteiger partial charge in [0.15, 0.2) is 0 Å². The largest absolute Gasteiger partial charge is 0.339 e. The number of hydrogen-bond acceptors (Lipinski definition) is 2. The van der Waals surface area contributed by atoms with Crippen molar-refractivity contribution >= 4 is 5.91 Å². The van der Waals surface area contributed by atoms with E-state index < -0.39 is 0 Å². The summed E-state index contributed by atoms with van der Waals surface area (Å²) in [6.45, 7) is 4.10. The normalized spacial score (nSPS) is 27.7. The van der Waals surface area contributed by atoms with Crippen molar-refractivity contribution in [2.24, 2.45) is 11.8 Å². The Bertz CT molecular complexity index is 404. The van der Waals surface area contributed by atoms with E-state index in [1.54, 1.807) is 0 Å². The minimum atomic E-state index is 0.198. The molecule has 3 rings (SSSR count). The van der Waals surface area contributed by atoms with Gasteiger partial charge in [0.05, 0.1) is 0 Å². The Morgan fingerprint density at radius 3 is 2.28 bits per heavy atom. The molecule has 0 spiro atoms. The van der Waals surface area contributed by atoms with Crippen LogP contribution in [0.3, 0.4) is 0 Å². The molecule has 0 bridgehead atoms. The summed E-state index contributed by atoms with van der Waals surface area (Å²) in [5.41, 5.74) is 0.822. The average molecular weight is 244 g/mol. The molecule has 3 nitrogen and oxygen atoms in total. The van der Waals surface area contributed by atoms with Crippen LogP contribution in [0.15, 0.2) is 30.3 Å². The van der Waals surface area contributed by atoms with Crippen molar-refractivity contribution in [3.63, 3.8) is 0 Å². The zero-order valence-corrected chi connectivity index (χ0v) is 10.6. The predicted molar refractivity (Wildman–Crippen MR) is 71.4 cm³/mol. The minimum Gasteiger partial charge on any atom is -0.339 e. The first-order valence-corrected chi connectivity index (χ1v) is 6.89. The van der Waals surface area contributed by atoms with Gasteiger partial charge in [-0.05, 0) is 49.9 Å². The first kappa shape index (κ1) is 11.7. The highest BCUT2D eigenvalue weighted by molar-refractivity contribution is 5.94. The van der Waals surface area contributed by atoms with E-state index in [0.717, 1.165) is 56.4 Å². The molecule has 2 saturated heterocycles. The maximum atomic E-state index is 12.4. The minimum absolute atomic E-state index is 0.198. The van der Waals surface area contributed by atoms with E-state index >= 15 is 0 Å². The molecule has 0 unspecified atom stereocenters. The molecule has 2 aliphatic heterocycles. The lowest BCUT2D eigenvalue weighted by atomic mass is 9.92. The summed E-state index contributed by atoms with van der Waals surface area (Å²) in [4.78, 5) is 14.4. The van der Waals surface area contributed by atoms with Crippen LogP contribution in [0.5, 0.6) is 0 Å². The maximum Gasteiger partial charge on any atom is 0.253 e. The van der Waals surface area contributed by atoms with Crippen LogP contribution in [-0.4, -0.2) is 37.0 Å². The number of carbonyl (C=O) groups excluding carboxylic acids is 1. The third kappa shape index (κ3) is 2.27. The summed E-state index contributed by atoms with van der Waals surface area (Å²) in [5, 5.41) is 3.46. The van der Waals surface area contributed by atoms with Crippen molar-refractivity contribution in [3.05, 3.63) is 35.9 Å². The van der Waals surface area contributed by atoms with E-state index in [2.05, 4.69) is 5.32 Å². The summed E-state index contributed by atoms with van der Waals surface area (Å²) >= 11 is 0. The molecule has 0 aromatic heterocycles. The molecule has 2 aliphatic rings. The van der Waals surface area contributed by atoms with E-state index in [1.807, 2.05) is 35.2 Å². The van der Waals surface area contributed by atoms with Crippen molar-refractivity contribution in [1.82, 2.24) is 10.2 Å². The second-order valence-electron chi connectivity index (χ2n) is 5.41. The maximum absolute atomic E-state index is 12.4. The van der Waals surface area contributed by atoms with Gasteiger partial charge in [-0.3, -0.25) is 4.79 Å². The SMILES string of the molecule is O=C(c1ccccc1)N1CC[C@@H]2CNC[C@@H]2CC1. The number of benzene rings is 1. The van der Waals surface area contributed by atoms with Gasteiger partial charge in [-0.2, -0.15) is 0 Å². The quantitative estimate of drug-likeness (QED) is 0.816. The molecule has 1 aromatic rings. The van der Waals surface area contributed by atoms with Crippen molar-refractivity contribution in [2.45, 2.75) is 12.8 Å². The van der Waals surface area contributed by atoms with Crippen LogP contribution >= 0.6 is 0 Å².